The van der Waals surface area contributed by atoms with E-state index in [1.165, 1.54) is 0 Å². The zero-order valence-electron chi connectivity index (χ0n) is 17.1. The first-order valence-electron chi connectivity index (χ1n) is 9.98. The number of aliphatic hydroxyl groups excluding tert-OH is 1. The Morgan fingerprint density at radius 3 is 2.83 bits per heavy atom. The molecule has 2 aliphatic rings. The summed E-state index contributed by atoms with van der Waals surface area (Å²) in [7, 11) is 0. The summed E-state index contributed by atoms with van der Waals surface area (Å²) in [5, 5.41) is 10.6. The highest BCUT2D eigenvalue weighted by atomic mass is 16.5. The Labute approximate surface area is 169 Å². The maximum Gasteiger partial charge on any atom is 0.339 e. The van der Waals surface area contributed by atoms with E-state index in [0.717, 1.165) is 22.9 Å². The van der Waals surface area contributed by atoms with Gasteiger partial charge >= 0.3 is 5.63 Å². The van der Waals surface area contributed by atoms with Crippen LogP contribution in [-0.2, 0) is 9.53 Å². The van der Waals surface area contributed by atoms with Crippen molar-refractivity contribution in [2.45, 2.75) is 27.2 Å². The second kappa shape index (κ2) is 7.46. The molecule has 7 nitrogen and oxygen atoms in total. The van der Waals surface area contributed by atoms with Crippen molar-refractivity contribution in [3.63, 3.8) is 0 Å². The maximum atomic E-state index is 12.9. The third-order valence-corrected chi connectivity index (χ3v) is 6.49. The van der Waals surface area contributed by atoms with Crippen molar-refractivity contribution in [1.82, 2.24) is 4.90 Å². The Balaban J connectivity index is 1.55. The predicted molar refractivity (Wildman–Crippen MR) is 107 cm³/mol. The highest BCUT2D eigenvalue weighted by molar-refractivity contribution is 5.88. The molecule has 0 spiro atoms. The van der Waals surface area contributed by atoms with Crippen molar-refractivity contribution in [3.8, 4) is 5.75 Å². The number of ether oxygens (including phenoxy) is 2. The number of aliphatic hydroxyl groups is 1. The fourth-order valence-corrected chi connectivity index (χ4v) is 4.54. The van der Waals surface area contributed by atoms with Crippen LogP contribution < -0.4 is 10.4 Å². The minimum Gasteiger partial charge on any atom is -0.483 e. The van der Waals surface area contributed by atoms with Crippen LogP contribution in [0, 0.1) is 32.1 Å². The van der Waals surface area contributed by atoms with Gasteiger partial charge in [0.1, 0.15) is 11.3 Å². The van der Waals surface area contributed by atoms with Gasteiger partial charge in [-0.2, -0.15) is 0 Å². The van der Waals surface area contributed by atoms with Gasteiger partial charge in [-0.3, -0.25) is 4.79 Å². The van der Waals surface area contributed by atoms with Crippen LogP contribution in [0.3, 0.4) is 0 Å². The number of hydrogen-bond donors (Lipinski definition) is 1. The number of benzene rings is 1. The van der Waals surface area contributed by atoms with Gasteiger partial charge in [0.15, 0.2) is 6.61 Å². The van der Waals surface area contributed by atoms with Crippen LogP contribution in [0.2, 0.25) is 0 Å². The number of carbonyl (C=O) groups is 1. The predicted octanol–water partition coefficient (Wildman–Crippen LogP) is 1.95. The molecule has 2 aromatic rings. The van der Waals surface area contributed by atoms with Gasteiger partial charge < -0.3 is 23.9 Å². The lowest BCUT2D eigenvalue weighted by molar-refractivity contribution is -0.133. The first-order valence-corrected chi connectivity index (χ1v) is 9.98. The van der Waals surface area contributed by atoms with Crippen molar-refractivity contribution in [1.29, 1.82) is 0 Å². The molecule has 3 heterocycles. The highest BCUT2D eigenvalue weighted by Crippen LogP contribution is 2.41. The summed E-state index contributed by atoms with van der Waals surface area (Å²) >= 11 is 0. The first-order chi connectivity index (χ1) is 13.8. The molecule has 0 saturated carbocycles. The van der Waals surface area contributed by atoms with Crippen molar-refractivity contribution >= 4 is 16.9 Å². The van der Waals surface area contributed by atoms with Crippen LogP contribution in [0.5, 0.6) is 5.75 Å². The van der Waals surface area contributed by atoms with E-state index in [9.17, 15) is 14.7 Å². The molecule has 1 amide bonds. The van der Waals surface area contributed by atoms with E-state index in [2.05, 4.69) is 0 Å². The van der Waals surface area contributed by atoms with Crippen LogP contribution >= 0.6 is 0 Å². The summed E-state index contributed by atoms with van der Waals surface area (Å²) in [4.78, 5) is 26.6. The monoisotopic (exact) mass is 401 g/mol. The lowest BCUT2D eigenvalue weighted by Gasteiger charge is -2.36. The molecular formula is C22H27NO6. The van der Waals surface area contributed by atoms with Crippen LogP contribution in [0.15, 0.2) is 21.3 Å². The number of amides is 1. The molecule has 7 heteroatoms. The second-order valence-corrected chi connectivity index (χ2v) is 8.40. The molecule has 29 heavy (non-hydrogen) atoms. The number of nitrogens with zero attached hydrogens (tertiary/aromatic N) is 1. The molecule has 0 bridgehead atoms. The molecule has 0 unspecified atom stereocenters. The van der Waals surface area contributed by atoms with Crippen molar-refractivity contribution in [3.05, 3.63) is 39.2 Å². The summed E-state index contributed by atoms with van der Waals surface area (Å²) in [6.45, 7) is 7.63. The number of hydrogen-bond acceptors (Lipinski definition) is 6. The standard InChI is InChI=1S/C22H27NO6/c1-13-6-17(20-14(2)15(3)21(26)29-18(20)7-13)28-9-19(25)23-8-16-4-5-27-12-22(16,10-23)11-24/h6-7,16,24H,4-5,8-12H2,1-3H3/t16-,22+/m0/s1. The number of fused-ring (bicyclic) bond motifs is 2. The molecular weight excluding hydrogens is 374 g/mol. The Morgan fingerprint density at radius 1 is 1.31 bits per heavy atom. The minimum atomic E-state index is -0.362. The van der Waals surface area contributed by atoms with Crippen molar-refractivity contribution in [2.24, 2.45) is 11.3 Å². The van der Waals surface area contributed by atoms with Crippen molar-refractivity contribution < 1.29 is 23.8 Å². The van der Waals surface area contributed by atoms with Gasteiger partial charge in [-0.1, -0.05) is 0 Å². The van der Waals surface area contributed by atoms with Gasteiger partial charge in [-0.05, 0) is 56.4 Å². The first kappa shape index (κ1) is 19.9. The Morgan fingerprint density at radius 2 is 2.10 bits per heavy atom. The smallest absolute Gasteiger partial charge is 0.339 e. The summed E-state index contributed by atoms with van der Waals surface area (Å²) < 4.78 is 16.9. The minimum absolute atomic E-state index is 0.0162. The van der Waals surface area contributed by atoms with Gasteiger partial charge in [-0.15, -0.1) is 0 Å². The molecule has 2 fully saturated rings. The fourth-order valence-electron chi connectivity index (χ4n) is 4.54. The van der Waals surface area contributed by atoms with Crippen LogP contribution in [0.1, 0.15) is 23.1 Å². The Kier molecular flexibility index (Phi) is 5.12. The number of likely N-dealkylation sites (tertiary alicyclic amines) is 1. The van der Waals surface area contributed by atoms with Crippen molar-refractivity contribution in [2.75, 3.05) is 39.5 Å². The lowest BCUT2D eigenvalue weighted by Crippen LogP contribution is -2.43. The van der Waals surface area contributed by atoms with E-state index >= 15 is 0 Å². The van der Waals surface area contributed by atoms with E-state index in [1.807, 2.05) is 19.9 Å². The number of aryl methyl sites for hydroxylation is 2. The summed E-state index contributed by atoms with van der Waals surface area (Å²) in [5.74, 6) is 0.673. The Hall–Kier alpha value is -2.38. The van der Waals surface area contributed by atoms with E-state index < -0.39 is 0 Å². The summed E-state index contributed by atoms with van der Waals surface area (Å²) in [6, 6.07) is 3.66. The molecule has 2 aliphatic heterocycles. The third-order valence-electron chi connectivity index (χ3n) is 6.49. The SMILES string of the molecule is Cc1cc(OCC(=O)N2C[C@@H]3CCOC[C@]3(CO)C2)c2c(C)c(C)c(=O)oc2c1. The van der Waals surface area contributed by atoms with Gasteiger partial charge in [-0.25, -0.2) is 4.79 Å². The van der Waals surface area contributed by atoms with Gasteiger partial charge in [0, 0.05) is 30.7 Å². The topological polar surface area (TPSA) is 89.2 Å². The molecule has 156 valence electrons. The molecule has 2 atom stereocenters. The second-order valence-electron chi connectivity index (χ2n) is 8.40. The molecule has 2 saturated heterocycles. The zero-order chi connectivity index (χ0) is 20.8. The summed E-state index contributed by atoms with van der Waals surface area (Å²) in [6.07, 6.45) is 0.852. The normalized spacial score (nSPS) is 24.0. The van der Waals surface area contributed by atoms with E-state index in [1.54, 1.807) is 17.9 Å². The molecule has 1 N–H and O–H groups in total. The highest BCUT2D eigenvalue weighted by Gasteiger charge is 2.49. The molecule has 4 rings (SSSR count). The van der Waals surface area contributed by atoms with E-state index in [-0.39, 0.29) is 36.1 Å². The quantitative estimate of drug-likeness (QED) is 0.788. The molecule has 0 radical (unpaired) electrons. The third kappa shape index (κ3) is 3.42. The van der Waals surface area contributed by atoms with Gasteiger partial charge in [0.05, 0.1) is 18.6 Å². The molecule has 1 aromatic carbocycles. The average molecular weight is 401 g/mol. The van der Waals surface area contributed by atoms with Crippen LogP contribution in [-0.4, -0.2) is 55.4 Å². The fraction of sp³-hybridized carbons (Fsp3) is 0.545. The van der Waals surface area contributed by atoms with Crippen LogP contribution in [0.25, 0.3) is 11.0 Å². The molecule has 1 aromatic heterocycles. The van der Waals surface area contributed by atoms with Gasteiger partial charge in [0.2, 0.25) is 0 Å². The zero-order valence-corrected chi connectivity index (χ0v) is 17.1. The van der Waals surface area contributed by atoms with E-state index in [4.69, 9.17) is 13.9 Å². The largest absolute Gasteiger partial charge is 0.483 e. The number of carbonyl (C=O) groups excluding carboxylic acids is 1. The van der Waals surface area contributed by atoms with E-state index in [0.29, 0.717) is 43.2 Å². The van der Waals surface area contributed by atoms with Gasteiger partial charge in [0.25, 0.3) is 5.91 Å². The Bertz CT molecular complexity index is 1010. The summed E-state index contributed by atoms with van der Waals surface area (Å²) in [5.41, 5.74) is 1.95. The maximum absolute atomic E-state index is 12.9. The molecule has 0 aliphatic carbocycles. The number of rotatable bonds is 4. The lowest BCUT2D eigenvalue weighted by atomic mass is 9.76. The van der Waals surface area contributed by atoms with Crippen LogP contribution in [0.4, 0.5) is 0 Å². The average Bonchev–Trinajstić information content (AvgIpc) is 3.10.